The van der Waals surface area contributed by atoms with Gasteiger partial charge in [-0.2, -0.15) is 0 Å². The van der Waals surface area contributed by atoms with E-state index in [4.69, 9.17) is 9.47 Å². The number of methoxy groups -OCH3 is 1. The third-order valence-electron chi connectivity index (χ3n) is 10.2. The van der Waals surface area contributed by atoms with Crippen LogP contribution in [0, 0.1) is 40.4 Å². The number of fused-ring (bicyclic) bond motifs is 5. The van der Waals surface area contributed by atoms with Crippen molar-refractivity contribution in [3.05, 3.63) is 11.6 Å². The zero-order chi connectivity index (χ0) is 22.4. The molecule has 0 spiro atoms. The second kappa shape index (κ2) is 8.56. The molecule has 0 aromatic rings. The van der Waals surface area contributed by atoms with E-state index in [0.29, 0.717) is 17.8 Å². The molecule has 4 heteroatoms. The molecule has 0 N–H and O–H groups in total. The maximum Gasteiger partial charge on any atom is 0.305 e. The van der Waals surface area contributed by atoms with E-state index in [2.05, 4.69) is 26.8 Å². The molecule has 4 aliphatic rings. The van der Waals surface area contributed by atoms with Crippen LogP contribution in [0.15, 0.2) is 11.6 Å². The molecule has 0 saturated heterocycles. The molecule has 3 fully saturated rings. The lowest BCUT2D eigenvalue weighted by Crippen LogP contribution is -2.51. The molecule has 3 saturated carbocycles. The van der Waals surface area contributed by atoms with Gasteiger partial charge in [-0.3, -0.25) is 9.59 Å². The van der Waals surface area contributed by atoms with Gasteiger partial charge in [0.25, 0.3) is 0 Å². The van der Waals surface area contributed by atoms with Crippen molar-refractivity contribution >= 4 is 11.9 Å². The van der Waals surface area contributed by atoms with Gasteiger partial charge in [0.1, 0.15) is 6.10 Å². The highest BCUT2D eigenvalue weighted by Gasteiger charge is 2.59. The van der Waals surface area contributed by atoms with Crippen LogP contribution < -0.4 is 0 Å². The fourth-order valence-corrected chi connectivity index (χ4v) is 8.59. The summed E-state index contributed by atoms with van der Waals surface area (Å²) >= 11 is 0. The first kappa shape index (κ1) is 22.9. The quantitative estimate of drug-likeness (QED) is 0.391. The summed E-state index contributed by atoms with van der Waals surface area (Å²) in [5.41, 5.74) is 2.26. The normalized spacial score (nSPS) is 42.5. The lowest BCUT2D eigenvalue weighted by molar-refractivity contribution is -0.148. The van der Waals surface area contributed by atoms with E-state index in [1.165, 1.54) is 46.1 Å². The molecular weight excluding hydrogens is 388 g/mol. The van der Waals surface area contributed by atoms with Gasteiger partial charge in [-0.15, -0.1) is 0 Å². The van der Waals surface area contributed by atoms with Crippen molar-refractivity contribution in [3.63, 3.8) is 0 Å². The van der Waals surface area contributed by atoms with E-state index in [9.17, 15) is 9.59 Å². The summed E-state index contributed by atoms with van der Waals surface area (Å²) < 4.78 is 10.5. The molecule has 4 nitrogen and oxygen atoms in total. The first-order chi connectivity index (χ1) is 14.7. The summed E-state index contributed by atoms with van der Waals surface area (Å²) in [6.45, 7) is 8.97. The van der Waals surface area contributed by atoms with Crippen molar-refractivity contribution in [1.29, 1.82) is 0 Å². The summed E-state index contributed by atoms with van der Waals surface area (Å²) in [7, 11) is 1.49. The van der Waals surface area contributed by atoms with Crippen LogP contribution in [0.2, 0.25) is 0 Å². The van der Waals surface area contributed by atoms with Crippen molar-refractivity contribution < 1.29 is 19.1 Å². The summed E-state index contributed by atoms with van der Waals surface area (Å²) in [4.78, 5) is 23.1. The largest absolute Gasteiger partial charge is 0.469 e. The number of rotatable bonds is 5. The molecule has 31 heavy (non-hydrogen) atoms. The summed E-state index contributed by atoms with van der Waals surface area (Å²) in [6, 6.07) is 0. The number of hydrogen-bond donors (Lipinski definition) is 0. The predicted molar refractivity (Wildman–Crippen MR) is 121 cm³/mol. The van der Waals surface area contributed by atoms with Gasteiger partial charge in [-0.25, -0.2) is 0 Å². The fraction of sp³-hybridized carbons (Fsp3) is 0.852. The van der Waals surface area contributed by atoms with Gasteiger partial charge in [0.05, 0.1) is 7.11 Å². The van der Waals surface area contributed by atoms with Gasteiger partial charge in [-0.05, 0) is 91.8 Å². The Labute approximate surface area is 188 Å². The topological polar surface area (TPSA) is 52.6 Å². The Morgan fingerprint density at radius 2 is 1.90 bits per heavy atom. The third-order valence-corrected chi connectivity index (χ3v) is 10.2. The Balaban J connectivity index is 1.48. The average molecular weight is 431 g/mol. The maximum atomic E-state index is 11.7. The highest BCUT2D eigenvalue weighted by molar-refractivity contribution is 5.69. The van der Waals surface area contributed by atoms with Crippen molar-refractivity contribution in [2.45, 2.75) is 98.0 Å². The van der Waals surface area contributed by atoms with Crippen LogP contribution in [-0.4, -0.2) is 25.2 Å². The number of esters is 2. The molecule has 4 unspecified atom stereocenters. The van der Waals surface area contributed by atoms with Crippen LogP contribution in [0.25, 0.3) is 0 Å². The number of carbonyl (C=O) groups excluding carboxylic acids is 2. The molecule has 0 heterocycles. The minimum absolute atomic E-state index is 0.0718. The SMILES string of the molecule is COC(=O)CC[C@@H](C)C1CCC2C3CC=C4C[C@H](OC(C)=O)CC[C@]4(C)C3CC[C@@]21C. The third kappa shape index (κ3) is 3.97. The summed E-state index contributed by atoms with van der Waals surface area (Å²) in [6.07, 6.45) is 13.7. The smallest absolute Gasteiger partial charge is 0.305 e. The van der Waals surface area contributed by atoms with Crippen LogP contribution in [0.1, 0.15) is 91.9 Å². The molecule has 8 atom stereocenters. The molecule has 0 radical (unpaired) electrons. The molecule has 0 aromatic heterocycles. The highest BCUT2D eigenvalue weighted by Crippen LogP contribution is 2.67. The van der Waals surface area contributed by atoms with Crippen LogP contribution in [0.3, 0.4) is 0 Å². The van der Waals surface area contributed by atoms with E-state index >= 15 is 0 Å². The van der Waals surface area contributed by atoms with Gasteiger partial charge in [0, 0.05) is 19.8 Å². The Morgan fingerprint density at radius 1 is 1.13 bits per heavy atom. The predicted octanol–water partition coefficient (Wildman–Crippen LogP) is 6.09. The lowest BCUT2D eigenvalue weighted by Gasteiger charge is -2.58. The van der Waals surface area contributed by atoms with Gasteiger partial charge in [0.2, 0.25) is 0 Å². The van der Waals surface area contributed by atoms with E-state index in [-0.39, 0.29) is 23.5 Å². The number of ether oxygens (including phenoxy) is 2. The van der Waals surface area contributed by atoms with Gasteiger partial charge < -0.3 is 9.47 Å². The number of carbonyl (C=O) groups is 2. The minimum atomic E-state index is -0.144. The van der Waals surface area contributed by atoms with Gasteiger partial charge in [-0.1, -0.05) is 32.4 Å². The molecular formula is C27H42O4. The van der Waals surface area contributed by atoms with Gasteiger partial charge in [0.15, 0.2) is 0 Å². The molecule has 0 amide bonds. The molecule has 0 aliphatic heterocycles. The second-order valence-electron chi connectivity index (χ2n) is 11.6. The fourth-order valence-electron chi connectivity index (χ4n) is 8.59. The van der Waals surface area contributed by atoms with Gasteiger partial charge >= 0.3 is 11.9 Å². The molecule has 0 bridgehead atoms. The van der Waals surface area contributed by atoms with Crippen molar-refractivity contribution in [3.8, 4) is 0 Å². The van der Waals surface area contributed by atoms with Crippen LogP contribution in [0.4, 0.5) is 0 Å². The molecule has 0 aromatic carbocycles. The Bertz CT molecular complexity index is 742. The lowest BCUT2D eigenvalue weighted by atomic mass is 9.47. The average Bonchev–Trinajstić information content (AvgIpc) is 3.09. The van der Waals surface area contributed by atoms with E-state index in [1.807, 2.05) is 0 Å². The zero-order valence-corrected chi connectivity index (χ0v) is 20.2. The summed E-state index contributed by atoms with van der Waals surface area (Å²) in [5, 5.41) is 0. The Morgan fingerprint density at radius 3 is 2.61 bits per heavy atom. The van der Waals surface area contributed by atoms with Crippen LogP contribution in [0.5, 0.6) is 0 Å². The monoisotopic (exact) mass is 430 g/mol. The molecule has 4 rings (SSSR count). The van der Waals surface area contributed by atoms with E-state index < -0.39 is 0 Å². The molecule has 174 valence electrons. The maximum absolute atomic E-state index is 11.7. The van der Waals surface area contributed by atoms with Crippen LogP contribution in [-0.2, 0) is 19.1 Å². The Hall–Kier alpha value is -1.32. The second-order valence-corrected chi connectivity index (χ2v) is 11.6. The minimum Gasteiger partial charge on any atom is -0.469 e. The Kier molecular flexibility index (Phi) is 6.31. The van der Waals surface area contributed by atoms with E-state index in [0.717, 1.165) is 49.4 Å². The molecule has 4 aliphatic carbocycles. The van der Waals surface area contributed by atoms with Crippen molar-refractivity contribution in [2.24, 2.45) is 40.4 Å². The highest BCUT2D eigenvalue weighted by atomic mass is 16.5. The van der Waals surface area contributed by atoms with Crippen LogP contribution >= 0.6 is 0 Å². The standard InChI is InChI=1S/C27H42O4/c1-17(6-11-25(29)30-5)22-9-10-23-21-8-7-19-16-20(31-18(2)28)12-14-26(19,3)24(21)13-15-27(22,23)4/h7,17,20-24H,6,8-16H2,1-5H3/t17-,20-,21?,22?,23?,24?,26+,27-/m1/s1. The number of allylic oxidation sites excluding steroid dienone is 1. The first-order valence-electron chi connectivity index (χ1n) is 12.6. The van der Waals surface area contributed by atoms with E-state index in [1.54, 1.807) is 5.57 Å². The zero-order valence-electron chi connectivity index (χ0n) is 20.2. The van der Waals surface area contributed by atoms with Crippen molar-refractivity contribution in [1.82, 2.24) is 0 Å². The summed E-state index contributed by atoms with van der Waals surface area (Å²) in [5.74, 6) is 3.45. The number of hydrogen-bond acceptors (Lipinski definition) is 4. The first-order valence-corrected chi connectivity index (χ1v) is 12.6. The van der Waals surface area contributed by atoms with Crippen molar-refractivity contribution in [2.75, 3.05) is 7.11 Å².